The maximum Gasteiger partial charge on any atom is 0.306 e. The zero-order chi connectivity index (χ0) is 57.8. The number of carbonyl (C=O) groups excluding carboxylic acids is 3. The third-order valence-electron chi connectivity index (χ3n) is 15.1. The van der Waals surface area contributed by atoms with E-state index in [2.05, 4.69) is 106 Å². The van der Waals surface area contributed by atoms with Crippen molar-refractivity contribution >= 4 is 17.9 Å². The van der Waals surface area contributed by atoms with Crippen molar-refractivity contribution in [2.45, 2.75) is 354 Å². The van der Waals surface area contributed by atoms with Crippen molar-refractivity contribution in [3.05, 3.63) is 85.1 Å². The van der Waals surface area contributed by atoms with E-state index in [1.165, 1.54) is 199 Å². The molecule has 0 N–H and O–H groups in total. The Morgan fingerprint density at radius 1 is 0.263 bits per heavy atom. The number of hydrogen-bond donors (Lipinski definition) is 0. The van der Waals surface area contributed by atoms with Gasteiger partial charge in [0.05, 0.1) is 0 Å². The van der Waals surface area contributed by atoms with Gasteiger partial charge in [0, 0.05) is 19.3 Å². The molecule has 0 aliphatic heterocycles. The van der Waals surface area contributed by atoms with E-state index in [-0.39, 0.29) is 31.1 Å². The van der Waals surface area contributed by atoms with Gasteiger partial charge in [-0.1, -0.05) is 318 Å². The third-order valence-corrected chi connectivity index (χ3v) is 15.1. The minimum Gasteiger partial charge on any atom is -0.462 e. The second-order valence-electron chi connectivity index (χ2n) is 23.1. The number of carbonyl (C=O) groups is 3. The van der Waals surface area contributed by atoms with Crippen molar-refractivity contribution in [1.82, 2.24) is 0 Å². The smallest absolute Gasteiger partial charge is 0.306 e. The first kappa shape index (κ1) is 76.6. The fourth-order valence-electron chi connectivity index (χ4n) is 9.97. The Bertz CT molecular complexity index is 1520. The van der Waals surface area contributed by atoms with E-state index in [9.17, 15) is 14.4 Å². The molecule has 6 heteroatoms. The highest BCUT2D eigenvalue weighted by Gasteiger charge is 2.19. The lowest BCUT2D eigenvalue weighted by Crippen LogP contribution is -2.30. The van der Waals surface area contributed by atoms with Gasteiger partial charge in [0.2, 0.25) is 0 Å². The number of unbranched alkanes of at least 4 members (excludes halogenated alkanes) is 38. The molecule has 0 aromatic heterocycles. The van der Waals surface area contributed by atoms with Crippen molar-refractivity contribution in [3.8, 4) is 0 Å². The predicted octanol–water partition coefficient (Wildman–Crippen LogP) is 23.8. The van der Waals surface area contributed by atoms with Crippen LogP contribution < -0.4 is 0 Å². The lowest BCUT2D eigenvalue weighted by molar-refractivity contribution is -0.167. The van der Waals surface area contributed by atoms with Crippen LogP contribution in [-0.2, 0) is 28.6 Å². The topological polar surface area (TPSA) is 78.9 Å². The van der Waals surface area contributed by atoms with E-state index in [0.717, 1.165) is 109 Å². The van der Waals surface area contributed by atoms with Crippen LogP contribution in [0.1, 0.15) is 348 Å². The van der Waals surface area contributed by atoms with Crippen LogP contribution in [0.5, 0.6) is 0 Å². The highest BCUT2D eigenvalue weighted by atomic mass is 16.6. The Kier molecular flexibility index (Phi) is 65.2. The van der Waals surface area contributed by atoms with Crippen LogP contribution in [0.15, 0.2) is 85.1 Å². The van der Waals surface area contributed by atoms with Gasteiger partial charge in [0.15, 0.2) is 6.10 Å². The molecule has 0 fully saturated rings. The van der Waals surface area contributed by atoms with Gasteiger partial charge in [-0.25, -0.2) is 0 Å². The Morgan fingerprint density at radius 3 is 0.762 bits per heavy atom. The summed E-state index contributed by atoms with van der Waals surface area (Å²) in [5.74, 6) is -0.876. The molecule has 1 unspecified atom stereocenters. The molecule has 0 heterocycles. The number of esters is 3. The summed E-state index contributed by atoms with van der Waals surface area (Å²) in [6.45, 7) is 6.56. The number of rotatable bonds is 63. The van der Waals surface area contributed by atoms with Crippen LogP contribution >= 0.6 is 0 Å². The average molecular weight is 1120 g/mol. The molecule has 0 aromatic carbocycles. The third kappa shape index (κ3) is 65.4. The molecule has 0 aliphatic carbocycles. The molecular weight excluding hydrogens is 985 g/mol. The Hall–Kier alpha value is -3.41. The van der Waals surface area contributed by atoms with Crippen LogP contribution in [0.2, 0.25) is 0 Å². The number of ether oxygens (including phenoxy) is 3. The molecule has 0 bridgehead atoms. The first-order chi connectivity index (χ1) is 39.5. The standard InChI is InChI=1S/C74H130O6/c1-4-7-10-13-16-19-22-25-28-31-34-36-37-39-40-43-46-49-52-55-58-61-64-67-73(76)79-70-71(69-78-72(75)66-63-60-57-54-51-48-45-42-33-30-27-24-21-18-15-12-9-6-3)80-74(77)68-65-62-59-56-53-50-47-44-41-38-35-32-29-26-23-20-17-14-11-8-5-2/h8,11,17,20,22,25-26,29,31,34-35,37-39,71H,4-7,9-10,12-16,18-19,21,23-24,27-28,30,32-33,36,40-70H2,1-3H3/b11-8-,20-17-,25-22-,29-26-,34-31-,38-35-,39-37-. The predicted molar refractivity (Wildman–Crippen MR) is 348 cm³/mol. The monoisotopic (exact) mass is 1110 g/mol. The lowest BCUT2D eigenvalue weighted by Gasteiger charge is -2.18. The second-order valence-corrected chi connectivity index (χ2v) is 23.1. The number of hydrogen-bond acceptors (Lipinski definition) is 6. The fourth-order valence-corrected chi connectivity index (χ4v) is 9.97. The van der Waals surface area contributed by atoms with Crippen molar-refractivity contribution in [1.29, 1.82) is 0 Å². The first-order valence-corrected chi connectivity index (χ1v) is 34.6. The largest absolute Gasteiger partial charge is 0.462 e. The first-order valence-electron chi connectivity index (χ1n) is 34.6. The summed E-state index contributed by atoms with van der Waals surface area (Å²) in [6.07, 6.45) is 90.2. The molecule has 0 saturated carbocycles. The van der Waals surface area contributed by atoms with E-state index in [4.69, 9.17) is 14.2 Å². The molecule has 80 heavy (non-hydrogen) atoms. The highest BCUT2D eigenvalue weighted by Crippen LogP contribution is 2.17. The zero-order valence-corrected chi connectivity index (χ0v) is 53.1. The van der Waals surface area contributed by atoms with Crippen LogP contribution in [0, 0.1) is 0 Å². The van der Waals surface area contributed by atoms with Crippen molar-refractivity contribution in [2.75, 3.05) is 13.2 Å². The van der Waals surface area contributed by atoms with Crippen LogP contribution in [0.4, 0.5) is 0 Å². The summed E-state index contributed by atoms with van der Waals surface area (Å²) >= 11 is 0. The maximum atomic E-state index is 13.0. The van der Waals surface area contributed by atoms with E-state index >= 15 is 0 Å². The van der Waals surface area contributed by atoms with Crippen molar-refractivity contribution < 1.29 is 28.6 Å². The maximum absolute atomic E-state index is 13.0. The van der Waals surface area contributed by atoms with Gasteiger partial charge in [-0.3, -0.25) is 14.4 Å². The molecule has 0 aliphatic rings. The Morgan fingerprint density at radius 2 is 0.487 bits per heavy atom. The molecule has 0 rings (SSSR count). The van der Waals surface area contributed by atoms with Crippen molar-refractivity contribution in [3.63, 3.8) is 0 Å². The zero-order valence-electron chi connectivity index (χ0n) is 53.1. The van der Waals surface area contributed by atoms with Crippen LogP contribution in [0.25, 0.3) is 0 Å². The van der Waals surface area contributed by atoms with Gasteiger partial charge in [-0.2, -0.15) is 0 Å². The van der Waals surface area contributed by atoms with Crippen LogP contribution in [0.3, 0.4) is 0 Å². The summed E-state index contributed by atoms with van der Waals surface area (Å²) < 4.78 is 17.0. The van der Waals surface area contributed by atoms with Gasteiger partial charge in [-0.05, 0) is 96.3 Å². The molecular formula is C74H130O6. The van der Waals surface area contributed by atoms with E-state index < -0.39 is 6.10 Å². The molecule has 0 aromatic rings. The lowest BCUT2D eigenvalue weighted by atomic mass is 10.0. The summed E-state index contributed by atoms with van der Waals surface area (Å²) in [6, 6.07) is 0. The average Bonchev–Trinajstić information content (AvgIpc) is 3.46. The minimum atomic E-state index is -0.785. The molecule has 0 saturated heterocycles. The fraction of sp³-hybridized carbons (Fsp3) is 0.770. The van der Waals surface area contributed by atoms with E-state index in [1.807, 2.05) is 0 Å². The molecule has 462 valence electrons. The summed E-state index contributed by atoms with van der Waals surface area (Å²) in [5.41, 5.74) is 0. The summed E-state index contributed by atoms with van der Waals surface area (Å²) in [5, 5.41) is 0. The minimum absolute atomic E-state index is 0.0791. The van der Waals surface area contributed by atoms with Gasteiger partial charge >= 0.3 is 17.9 Å². The van der Waals surface area contributed by atoms with Gasteiger partial charge < -0.3 is 14.2 Å². The molecule has 0 radical (unpaired) electrons. The van der Waals surface area contributed by atoms with E-state index in [1.54, 1.807) is 0 Å². The van der Waals surface area contributed by atoms with Gasteiger partial charge in [0.25, 0.3) is 0 Å². The number of allylic oxidation sites excluding steroid dienone is 14. The Labute approximate surface area is 496 Å². The SMILES string of the molecule is CC/C=C\C/C=C\C/C=C\C/C=C\CCCCCCCCCCC(=O)OC(COC(=O)CCCCCCCCCC/C=C\C/C=C\C/C=C\CCCCCCC)COC(=O)CCCCCCCCCCCCCCCCCCCC. The van der Waals surface area contributed by atoms with E-state index in [0.29, 0.717) is 19.3 Å². The normalized spacial score (nSPS) is 12.6. The Balaban J connectivity index is 4.39. The highest BCUT2D eigenvalue weighted by molar-refractivity contribution is 5.71. The second kappa shape index (κ2) is 68.1. The van der Waals surface area contributed by atoms with Gasteiger partial charge in [-0.15, -0.1) is 0 Å². The summed E-state index contributed by atoms with van der Waals surface area (Å²) in [4.78, 5) is 38.5. The summed E-state index contributed by atoms with van der Waals surface area (Å²) in [7, 11) is 0. The molecule has 1 atom stereocenters. The van der Waals surface area contributed by atoms with Gasteiger partial charge in [0.1, 0.15) is 13.2 Å². The van der Waals surface area contributed by atoms with Crippen molar-refractivity contribution in [2.24, 2.45) is 0 Å². The van der Waals surface area contributed by atoms with Crippen LogP contribution in [-0.4, -0.2) is 37.2 Å². The quantitative estimate of drug-likeness (QED) is 0.0261. The molecule has 0 spiro atoms. The molecule has 0 amide bonds. The molecule has 6 nitrogen and oxygen atoms in total.